The average molecular weight is 389 g/mol. The number of nitrogens with zero attached hydrogens (tertiary/aromatic N) is 1. The molecule has 0 unspecified atom stereocenters. The molecule has 1 aliphatic rings. The molecule has 1 fully saturated rings. The molecular weight excluding hydrogens is 368 g/mol. The second-order valence-electron chi connectivity index (χ2n) is 6.34. The highest BCUT2D eigenvalue weighted by Crippen LogP contribution is 2.33. The Labute approximate surface area is 163 Å². The maximum atomic E-state index is 12.7. The molecule has 0 bridgehead atoms. The van der Waals surface area contributed by atoms with Gasteiger partial charge in [0.25, 0.3) is 0 Å². The third kappa shape index (κ3) is 3.85. The first-order chi connectivity index (χ1) is 12.9. The van der Waals surface area contributed by atoms with Crippen molar-refractivity contribution < 1.29 is 19.1 Å². The van der Waals surface area contributed by atoms with Crippen molar-refractivity contribution in [2.75, 3.05) is 31.0 Å². The van der Waals surface area contributed by atoms with Gasteiger partial charge in [0.2, 0.25) is 11.8 Å². The van der Waals surface area contributed by atoms with Crippen molar-refractivity contribution in [3.05, 3.63) is 47.0 Å². The Balaban J connectivity index is 1.76. The van der Waals surface area contributed by atoms with Crippen LogP contribution in [0.4, 0.5) is 11.4 Å². The van der Waals surface area contributed by atoms with Gasteiger partial charge in [-0.05, 0) is 36.8 Å². The summed E-state index contributed by atoms with van der Waals surface area (Å²) in [6.45, 7) is 2.17. The quantitative estimate of drug-likeness (QED) is 0.848. The lowest BCUT2D eigenvalue weighted by atomic mass is 10.1. The number of carbonyl (C=O) groups excluding carboxylic acids is 2. The number of hydrogen-bond acceptors (Lipinski definition) is 4. The lowest BCUT2D eigenvalue weighted by molar-refractivity contribution is -0.122. The summed E-state index contributed by atoms with van der Waals surface area (Å²) in [4.78, 5) is 26.8. The smallest absolute Gasteiger partial charge is 0.229 e. The van der Waals surface area contributed by atoms with Crippen molar-refractivity contribution in [2.24, 2.45) is 5.92 Å². The predicted octanol–water partition coefficient (Wildman–Crippen LogP) is 3.66. The molecule has 2 amide bonds. The number of anilines is 2. The summed E-state index contributed by atoms with van der Waals surface area (Å²) in [5.41, 5.74) is 2.10. The summed E-state index contributed by atoms with van der Waals surface area (Å²) < 4.78 is 10.5. The zero-order valence-corrected chi connectivity index (χ0v) is 16.2. The molecule has 142 valence electrons. The summed E-state index contributed by atoms with van der Waals surface area (Å²) in [6, 6.07) is 10.6. The predicted molar refractivity (Wildman–Crippen MR) is 105 cm³/mol. The molecule has 1 heterocycles. The first-order valence-electron chi connectivity index (χ1n) is 8.53. The molecule has 0 saturated carbocycles. The van der Waals surface area contributed by atoms with Gasteiger partial charge in [-0.15, -0.1) is 0 Å². The van der Waals surface area contributed by atoms with E-state index in [1.165, 1.54) is 7.11 Å². The van der Waals surface area contributed by atoms with Gasteiger partial charge in [-0.25, -0.2) is 0 Å². The van der Waals surface area contributed by atoms with E-state index in [0.717, 1.165) is 11.3 Å². The standard InChI is InChI=1S/C20H21ClN2O4/c1-12-15(21)5-4-6-17(12)23-11-13(9-19(23)24)20(25)22-16-8-7-14(26-2)10-18(16)27-3/h4-8,10,13H,9,11H2,1-3H3,(H,22,25)/t13-/m1/s1. The molecule has 2 aromatic rings. The van der Waals surface area contributed by atoms with E-state index >= 15 is 0 Å². The Hall–Kier alpha value is -2.73. The van der Waals surface area contributed by atoms with Gasteiger partial charge < -0.3 is 19.7 Å². The van der Waals surface area contributed by atoms with Gasteiger partial charge in [-0.1, -0.05) is 17.7 Å². The van der Waals surface area contributed by atoms with Crippen LogP contribution in [0.25, 0.3) is 0 Å². The minimum Gasteiger partial charge on any atom is -0.497 e. The summed E-state index contributed by atoms with van der Waals surface area (Å²) in [5.74, 6) is 0.344. The fourth-order valence-corrected chi connectivity index (χ4v) is 3.31. The van der Waals surface area contributed by atoms with Crippen LogP contribution in [0.1, 0.15) is 12.0 Å². The molecule has 1 atom stereocenters. The van der Waals surface area contributed by atoms with E-state index in [9.17, 15) is 9.59 Å². The number of rotatable bonds is 5. The highest BCUT2D eigenvalue weighted by Gasteiger charge is 2.36. The first-order valence-corrected chi connectivity index (χ1v) is 8.90. The summed E-state index contributed by atoms with van der Waals surface area (Å²) in [5, 5.41) is 3.44. The van der Waals surface area contributed by atoms with E-state index in [0.29, 0.717) is 28.8 Å². The van der Waals surface area contributed by atoms with Gasteiger partial charge in [0.15, 0.2) is 0 Å². The van der Waals surface area contributed by atoms with Crippen LogP contribution < -0.4 is 19.7 Å². The molecular formula is C20H21ClN2O4. The second-order valence-corrected chi connectivity index (χ2v) is 6.75. The van der Waals surface area contributed by atoms with Gasteiger partial charge in [0, 0.05) is 29.7 Å². The van der Waals surface area contributed by atoms with Crippen LogP contribution in [0.3, 0.4) is 0 Å². The monoisotopic (exact) mass is 388 g/mol. The number of halogens is 1. The van der Waals surface area contributed by atoms with E-state index in [4.69, 9.17) is 21.1 Å². The third-order valence-electron chi connectivity index (χ3n) is 4.69. The van der Waals surface area contributed by atoms with Crippen LogP contribution in [0.5, 0.6) is 11.5 Å². The van der Waals surface area contributed by atoms with Gasteiger partial charge >= 0.3 is 0 Å². The molecule has 0 radical (unpaired) electrons. The Morgan fingerprint density at radius 1 is 1.22 bits per heavy atom. The molecule has 27 heavy (non-hydrogen) atoms. The van der Waals surface area contributed by atoms with Crippen molar-refractivity contribution in [3.63, 3.8) is 0 Å². The van der Waals surface area contributed by atoms with Crippen LogP contribution in [0, 0.1) is 12.8 Å². The van der Waals surface area contributed by atoms with Crippen LogP contribution in [-0.4, -0.2) is 32.6 Å². The molecule has 7 heteroatoms. The number of ether oxygens (including phenoxy) is 2. The van der Waals surface area contributed by atoms with E-state index in [-0.39, 0.29) is 18.2 Å². The van der Waals surface area contributed by atoms with Crippen LogP contribution in [0.2, 0.25) is 5.02 Å². The van der Waals surface area contributed by atoms with Gasteiger partial charge in [0.05, 0.1) is 25.8 Å². The molecule has 3 rings (SSSR count). The average Bonchev–Trinajstić information content (AvgIpc) is 3.06. The molecule has 0 aromatic heterocycles. The van der Waals surface area contributed by atoms with Crippen molar-refractivity contribution in [1.29, 1.82) is 0 Å². The van der Waals surface area contributed by atoms with E-state index in [2.05, 4.69) is 5.32 Å². The van der Waals surface area contributed by atoms with Crippen LogP contribution in [0.15, 0.2) is 36.4 Å². The first kappa shape index (κ1) is 19.0. The van der Waals surface area contributed by atoms with Gasteiger partial charge in [0.1, 0.15) is 11.5 Å². The number of nitrogens with one attached hydrogen (secondary N) is 1. The van der Waals surface area contributed by atoms with Crippen LogP contribution in [-0.2, 0) is 9.59 Å². The van der Waals surface area contributed by atoms with Crippen molar-refractivity contribution >= 4 is 34.8 Å². The number of carbonyl (C=O) groups is 2. The maximum Gasteiger partial charge on any atom is 0.229 e. The topological polar surface area (TPSA) is 67.9 Å². The largest absolute Gasteiger partial charge is 0.497 e. The number of hydrogen-bond donors (Lipinski definition) is 1. The molecule has 0 aliphatic carbocycles. The highest BCUT2D eigenvalue weighted by molar-refractivity contribution is 6.31. The Kier molecular flexibility index (Phi) is 5.56. The Morgan fingerprint density at radius 3 is 2.70 bits per heavy atom. The Bertz CT molecular complexity index is 884. The second kappa shape index (κ2) is 7.88. The fraction of sp³-hybridized carbons (Fsp3) is 0.300. The summed E-state index contributed by atoms with van der Waals surface area (Å²) in [6.07, 6.45) is 0.149. The maximum absolute atomic E-state index is 12.7. The lowest BCUT2D eigenvalue weighted by Crippen LogP contribution is -2.28. The molecule has 0 spiro atoms. The number of methoxy groups -OCH3 is 2. The normalized spacial score (nSPS) is 16.4. The molecule has 1 N–H and O–H groups in total. The van der Waals surface area contributed by atoms with Gasteiger partial charge in [-0.2, -0.15) is 0 Å². The van der Waals surface area contributed by atoms with Crippen molar-refractivity contribution in [3.8, 4) is 11.5 Å². The molecule has 2 aromatic carbocycles. The van der Waals surface area contributed by atoms with Crippen LogP contribution >= 0.6 is 11.6 Å². The van der Waals surface area contributed by atoms with Crippen molar-refractivity contribution in [2.45, 2.75) is 13.3 Å². The number of amides is 2. The van der Waals surface area contributed by atoms with E-state index in [1.54, 1.807) is 42.3 Å². The Morgan fingerprint density at radius 2 is 2.00 bits per heavy atom. The SMILES string of the molecule is COc1ccc(NC(=O)[C@@H]2CC(=O)N(c3cccc(Cl)c3C)C2)c(OC)c1. The van der Waals surface area contributed by atoms with Gasteiger partial charge in [-0.3, -0.25) is 9.59 Å². The van der Waals surface area contributed by atoms with E-state index in [1.807, 2.05) is 13.0 Å². The van der Waals surface area contributed by atoms with Crippen molar-refractivity contribution in [1.82, 2.24) is 0 Å². The summed E-state index contributed by atoms with van der Waals surface area (Å²) >= 11 is 6.16. The lowest BCUT2D eigenvalue weighted by Gasteiger charge is -2.20. The zero-order valence-electron chi connectivity index (χ0n) is 15.4. The fourth-order valence-electron chi connectivity index (χ4n) is 3.14. The molecule has 6 nitrogen and oxygen atoms in total. The molecule has 1 saturated heterocycles. The number of benzene rings is 2. The molecule has 1 aliphatic heterocycles. The van der Waals surface area contributed by atoms with E-state index < -0.39 is 5.92 Å². The highest BCUT2D eigenvalue weighted by atomic mass is 35.5. The minimum atomic E-state index is -0.456. The zero-order chi connectivity index (χ0) is 19.6. The summed E-state index contributed by atoms with van der Waals surface area (Å²) in [7, 11) is 3.08. The minimum absolute atomic E-state index is 0.0952. The third-order valence-corrected chi connectivity index (χ3v) is 5.10.